The van der Waals surface area contributed by atoms with E-state index in [2.05, 4.69) is 25.8 Å². The zero-order valence-electron chi connectivity index (χ0n) is 21.0. The number of ether oxygens (including phenoxy) is 2. The number of allylic oxidation sites excluding steroid dienone is 1. The lowest BCUT2D eigenvalue weighted by molar-refractivity contribution is -0.139. The molecule has 0 spiro atoms. The first-order valence-electron chi connectivity index (χ1n) is 12.3. The lowest BCUT2D eigenvalue weighted by Crippen LogP contribution is -2.39. The number of nitrogens with zero attached hydrogens (tertiary/aromatic N) is 3. The average molecular weight is 587 g/mol. The summed E-state index contributed by atoms with van der Waals surface area (Å²) in [5, 5.41) is 0. The Hall–Kier alpha value is -3.11. The number of halogens is 1. The highest BCUT2D eigenvalue weighted by molar-refractivity contribution is 9.10. The average Bonchev–Trinajstić information content (AvgIpc) is 3.42. The Morgan fingerprint density at radius 3 is 2.78 bits per heavy atom. The van der Waals surface area contributed by atoms with Crippen LogP contribution in [-0.4, -0.2) is 37.3 Å². The molecule has 0 saturated carbocycles. The molecule has 1 atom stereocenters. The van der Waals surface area contributed by atoms with E-state index in [1.165, 1.54) is 17.8 Å². The van der Waals surface area contributed by atoms with E-state index >= 15 is 0 Å². The SMILES string of the molecule is CCOC(=O)C1=C(C)N=c2s/c(=C/c3cc(Br)c(N4CCCCC4)o3)c(=O)n2[C@H]1c1cccc(OC)c1. The summed E-state index contributed by atoms with van der Waals surface area (Å²) >= 11 is 4.89. The van der Waals surface area contributed by atoms with E-state index in [9.17, 15) is 9.59 Å². The summed E-state index contributed by atoms with van der Waals surface area (Å²) in [6, 6.07) is 8.55. The Morgan fingerprint density at radius 1 is 1.27 bits per heavy atom. The van der Waals surface area contributed by atoms with Crippen LogP contribution in [0.25, 0.3) is 6.08 Å². The number of furan rings is 1. The summed E-state index contributed by atoms with van der Waals surface area (Å²) in [4.78, 5) is 34.2. The standard InChI is InChI=1S/C27H28BrN3O5S/c1-4-35-26(33)22-16(2)29-27-31(23(22)17-9-8-10-18(13-17)34-3)24(32)21(37-27)15-19-14-20(28)25(36-19)30-11-6-5-7-12-30/h8-10,13-15,23H,4-7,11-12H2,1-3H3/b21-15+/t23-/m0/s1. The first-order valence-corrected chi connectivity index (χ1v) is 13.9. The van der Waals surface area contributed by atoms with Gasteiger partial charge >= 0.3 is 5.97 Å². The minimum Gasteiger partial charge on any atom is -0.497 e. The minimum atomic E-state index is -0.695. The van der Waals surface area contributed by atoms with Crippen LogP contribution in [0, 0.1) is 0 Å². The van der Waals surface area contributed by atoms with Crippen molar-refractivity contribution < 1.29 is 18.7 Å². The number of piperidine rings is 1. The first kappa shape index (κ1) is 25.5. The molecule has 8 nitrogen and oxygen atoms in total. The zero-order valence-corrected chi connectivity index (χ0v) is 23.4. The predicted molar refractivity (Wildman–Crippen MR) is 146 cm³/mol. The van der Waals surface area contributed by atoms with Crippen LogP contribution in [0.1, 0.15) is 50.5 Å². The monoisotopic (exact) mass is 585 g/mol. The van der Waals surface area contributed by atoms with Crippen LogP contribution in [0.3, 0.4) is 0 Å². The van der Waals surface area contributed by atoms with Gasteiger partial charge in [-0.2, -0.15) is 0 Å². The molecule has 2 aromatic heterocycles. The molecule has 0 radical (unpaired) electrons. The summed E-state index contributed by atoms with van der Waals surface area (Å²) < 4.78 is 19.8. The van der Waals surface area contributed by atoms with Crippen LogP contribution >= 0.6 is 27.3 Å². The van der Waals surface area contributed by atoms with Gasteiger partial charge in [-0.3, -0.25) is 9.36 Å². The van der Waals surface area contributed by atoms with E-state index in [0.29, 0.717) is 32.1 Å². The number of thiazole rings is 1. The Bertz CT molecular complexity index is 1540. The second kappa shape index (κ2) is 10.7. The van der Waals surface area contributed by atoms with Crippen molar-refractivity contribution >= 4 is 45.2 Å². The Kier molecular flexibility index (Phi) is 7.39. The van der Waals surface area contributed by atoms with Gasteiger partial charge in [-0.1, -0.05) is 23.5 Å². The molecular weight excluding hydrogens is 558 g/mol. The summed E-state index contributed by atoms with van der Waals surface area (Å²) in [6.07, 6.45) is 5.24. The number of carbonyl (C=O) groups is 1. The fourth-order valence-corrected chi connectivity index (χ4v) is 6.39. The molecule has 37 heavy (non-hydrogen) atoms. The lowest BCUT2D eigenvalue weighted by atomic mass is 9.95. The Labute approximate surface area is 226 Å². The fraction of sp³-hybridized carbons (Fsp3) is 0.370. The van der Waals surface area contributed by atoms with Gasteiger partial charge in [-0.15, -0.1) is 0 Å². The van der Waals surface area contributed by atoms with E-state index in [-0.39, 0.29) is 12.2 Å². The molecule has 5 rings (SSSR count). The minimum absolute atomic E-state index is 0.220. The van der Waals surface area contributed by atoms with Gasteiger partial charge in [0.15, 0.2) is 4.80 Å². The highest BCUT2D eigenvalue weighted by Crippen LogP contribution is 2.34. The van der Waals surface area contributed by atoms with E-state index in [4.69, 9.17) is 13.9 Å². The summed E-state index contributed by atoms with van der Waals surface area (Å²) in [6.45, 7) is 5.64. The number of methoxy groups -OCH3 is 1. The lowest BCUT2D eigenvalue weighted by Gasteiger charge is -2.26. The maximum atomic E-state index is 13.8. The third-order valence-electron chi connectivity index (χ3n) is 6.53. The zero-order chi connectivity index (χ0) is 26.1. The van der Waals surface area contributed by atoms with Crippen LogP contribution in [0.4, 0.5) is 5.88 Å². The van der Waals surface area contributed by atoms with Crippen LogP contribution in [0.5, 0.6) is 5.75 Å². The van der Waals surface area contributed by atoms with Crippen molar-refractivity contribution in [3.05, 3.63) is 77.1 Å². The normalized spacial score (nSPS) is 18.0. The molecule has 0 amide bonds. The molecule has 1 fully saturated rings. The van der Waals surface area contributed by atoms with Gasteiger partial charge < -0.3 is 18.8 Å². The van der Waals surface area contributed by atoms with Gasteiger partial charge in [0.2, 0.25) is 5.88 Å². The quantitative estimate of drug-likeness (QED) is 0.404. The fourth-order valence-electron chi connectivity index (χ4n) is 4.81. The van der Waals surface area contributed by atoms with Crippen LogP contribution in [0.2, 0.25) is 0 Å². The second-order valence-corrected chi connectivity index (χ2v) is 10.8. The summed E-state index contributed by atoms with van der Waals surface area (Å²) in [7, 11) is 1.58. The van der Waals surface area contributed by atoms with Crippen molar-refractivity contribution in [3.63, 3.8) is 0 Å². The molecular formula is C27H28BrN3O5S. The third-order valence-corrected chi connectivity index (χ3v) is 8.08. The molecule has 1 aromatic carbocycles. The third kappa shape index (κ3) is 4.92. The summed E-state index contributed by atoms with van der Waals surface area (Å²) in [5.41, 5.74) is 1.34. The van der Waals surface area contributed by atoms with Crippen LogP contribution in [-0.2, 0) is 9.53 Å². The largest absolute Gasteiger partial charge is 0.497 e. The topological polar surface area (TPSA) is 86.3 Å². The molecule has 0 unspecified atom stereocenters. The Morgan fingerprint density at radius 2 is 2.05 bits per heavy atom. The molecule has 10 heteroatoms. The molecule has 0 N–H and O–H groups in total. The number of carbonyl (C=O) groups excluding carboxylic acids is 1. The first-order chi connectivity index (χ1) is 17.9. The summed E-state index contributed by atoms with van der Waals surface area (Å²) in [5.74, 6) is 1.50. The number of rotatable bonds is 6. The number of fused-ring (bicyclic) bond motifs is 1. The number of hydrogen-bond donors (Lipinski definition) is 0. The molecule has 194 valence electrons. The van der Waals surface area contributed by atoms with E-state index in [1.807, 2.05) is 30.3 Å². The van der Waals surface area contributed by atoms with E-state index < -0.39 is 12.0 Å². The van der Waals surface area contributed by atoms with Crippen molar-refractivity contribution in [1.82, 2.24) is 4.57 Å². The van der Waals surface area contributed by atoms with Crippen molar-refractivity contribution in [1.29, 1.82) is 0 Å². The van der Waals surface area contributed by atoms with Gasteiger partial charge in [0, 0.05) is 25.2 Å². The van der Waals surface area contributed by atoms with Gasteiger partial charge in [-0.05, 0) is 66.7 Å². The highest BCUT2D eigenvalue weighted by atomic mass is 79.9. The van der Waals surface area contributed by atoms with Crippen LogP contribution < -0.4 is 24.5 Å². The molecule has 2 aliphatic heterocycles. The van der Waals surface area contributed by atoms with Gasteiger partial charge in [0.25, 0.3) is 5.56 Å². The van der Waals surface area contributed by atoms with Crippen molar-refractivity contribution in [2.75, 3.05) is 31.7 Å². The van der Waals surface area contributed by atoms with Gasteiger partial charge in [0.1, 0.15) is 11.5 Å². The van der Waals surface area contributed by atoms with E-state index in [1.54, 1.807) is 31.6 Å². The molecule has 0 bridgehead atoms. The number of esters is 1. The molecule has 3 aromatic rings. The second-order valence-electron chi connectivity index (χ2n) is 8.93. The number of anilines is 1. The number of aromatic nitrogens is 1. The highest BCUT2D eigenvalue weighted by Gasteiger charge is 2.33. The molecule has 4 heterocycles. The van der Waals surface area contributed by atoms with Crippen molar-refractivity contribution in [3.8, 4) is 5.75 Å². The van der Waals surface area contributed by atoms with Crippen LogP contribution in [0.15, 0.2) is 60.3 Å². The number of hydrogen-bond acceptors (Lipinski definition) is 8. The van der Waals surface area contributed by atoms with Crippen molar-refractivity contribution in [2.45, 2.75) is 39.2 Å². The van der Waals surface area contributed by atoms with Crippen molar-refractivity contribution in [2.24, 2.45) is 4.99 Å². The maximum Gasteiger partial charge on any atom is 0.338 e. The molecule has 2 aliphatic rings. The van der Waals surface area contributed by atoms with Gasteiger partial charge in [-0.25, -0.2) is 9.79 Å². The predicted octanol–water partition coefficient (Wildman–Crippen LogP) is 4.15. The van der Waals surface area contributed by atoms with Gasteiger partial charge in [0.05, 0.1) is 40.0 Å². The number of benzene rings is 1. The maximum absolute atomic E-state index is 13.8. The smallest absolute Gasteiger partial charge is 0.338 e. The van der Waals surface area contributed by atoms with E-state index in [0.717, 1.165) is 41.9 Å². The Balaban J connectivity index is 1.64. The molecule has 1 saturated heterocycles. The molecule has 0 aliphatic carbocycles.